The molecule has 0 atom stereocenters. The maximum absolute atomic E-state index is 11.5. The molecule has 0 saturated carbocycles. The van der Waals surface area contributed by atoms with Gasteiger partial charge in [0.15, 0.2) is 0 Å². The summed E-state index contributed by atoms with van der Waals surface area (Å²) in [5, 5.41) is 5.90. The molecular weight excluding hydrogens is 204 g/mol. The summed E-state index contributed by atoms with van der Waals surface area (Å²) in [6, 6.07) is 0. The first kappa shape index (κ1) is 12.7. The predicted octanol–water partition coefficient (Wildman–Crippen LogP) is 0.580. The van der Waals surface area contributed by atoms with Gasteiger partial charge in [-0.2, -0.15) is 0 Å². The molecule has 0 aliphatic rings. The fourth-order valence-electron chi connectivity index (χ4n) is 1.48. The number of imidazole rings is 1. The van der Waals surface area contributed by atoms with E-state index < -0.39 is 5.41 Å². The number of carbonyl (C=O) groups is 1. The Kier molecular flexibility index (Phi) is 4.06. The average Bonchev–Trinajstić information content (AvgIpc) is 2.63. The number of aromatic amines is 1. The molecule has 1 aromatic heterocycles. The molecule has 1 heterocycles. The maximum Gasteiger partial charge on any atom is 0.226 e. The number of carbonyl (C=O) groups excluding carboxylic acids is 1. The summed E-state index contributed by atoms with van der Waals surface area (Å²) in [5.41, 5.74) is 1.65. The zero-order valence-corrected chi connectivity index (χ0v) is 10.3. The lowest BCUT2D eigenvalue weighted by Crippen LogP contribution is -2.41. The number of H-pyrrole nitrogens is 1. The first-order chi connectivity index (χ1) is 7.47. The van der Waals surface area contributed by atoms with Gasteiger partial charge in [0.25, 0.3) is 0 Å². The van der Waals surface area contributed by atoms with E-state index in [1.165, 1.54) is 0 Å². The molecule has 0 aliphatic carbocycles. The fraction of sp³-hybridized carbons (Fsp3) is 0.636. The van der Waals surface area contributed by atoms with Crippen molar-refractivity contribution in [2.45, 2.75) is 27.3 Å². The highest BCUT2D eigenvalue weighted by atomic mass is 16.2. The largest absolute Gasteiger partial charge is 0.359 e. The van der Waals surface area contributed by atoms with Crippen molar-refractivity contribution in [3.8, 4) is 0 Å². The molecule has 1 rings (SSSR count). The number of aryl methyl sites for hydroxylation is 1. The highest BCUT2D eigenvalue weighted by Crippen LogP contribution is 2.13. The Labute approximate surface area is 96.0 Å². The van der Waals surface area contributed by atoms with Crippen LogP contribution in [-0.4, -0.2) is 29.5 Å². The van der Waals surface area contributed by atoms with Crippen molar-refractivity contribution in [3.63, 3.8) is 0 Å². The van der Waals surface area contributed by atoms with Crippen molar-refractivity contribution in [1.29, 1.82) is 0 Å². The third-order valence-corrected chi connectivity index (χ3v) is 2.64. The van der Waals surface area contributed by atoms with E-state index in [-0.39, 0.29) is 5.91 Å². The van der Waals surface area contributed by atoms with Crippen LogP contribution < -0.4 is 10.6 Å². The maximum atomic E-state index is 11.5. The average molecular weight is 224 g/mol. The molecule has 90 valence electrons. The van der Waals surface area contributed by atoms with Gasteiger partial charge < -0.3 is 15.6 Å². The van der Waals surface area contributed by atoms with Gasteiger partial charge in [-0.1, -0.05) is 0 Å². The van der Waals surface area contributed by atoms with Crippen LogP contribution >= 0.6 is 0 Å². The summed E-state index contributed by atoms with van der Waals surface area (Å²) in [7, 11) is 1.65. The molecule has 1 aromatic rings. The highest BCUT2D eigenvalue weighted by Gasteiger charge is 2.25. The standard InChI is InChI=1S/C11H20N4O/c1-8-9(15-7-14-8)5-13-6-11(2,3)10(16)12-4/h7,13H,5-6H2,1-4H3,(H,12,16)(H,14,15). The second kappa shape index (κ2) is 5.12. The Balaban J connectivity index is 2.41. The molecule has 0 aromatic carbocycles. The molecule has 0 bridgehead atoms. The van der Waals surface area contributed by atoms with E-state index in [1.807, 2.05) is 20.8 Å². The second-order valence-corrected chi connectivity index (χ2v) is 4.54. The molecule has 0 radical (unpaired) electrons. The van der Waals surface area contributed by atoms with Gasteiger partial charge in [0, 0.05) is 25.8 Å². The molecular formula is C11H20N4O. The van der Waals surface area contributed by atoms with Crippen LogP contribution in [-0.2, 0) is 11.3 Å². The predicted molar refractivity (Wildman–Crippen MR) is 62.9 cm³/mol. The van der Waals surface area contributed by atoms with Crippen LogP contribution in [0.15, 0.2) is 6.33 Å². The van der Waals surface area contributed by atoms with Gasteiger partial charge in [-0.3, -0.25) is 4.79 Å². The van der Waals surface area contributed by atoms with Crippen LogP contribution in [0.2, 0.25) is 0 Å². The van der Waals surface area contributed by atoms with Crippen LogP contribution in [0.1, 0.15) is 25.2 Å². The van der Waals surface area contributed by atoms with Gasteiger partial charge in [-0.25, -0.2) is 4.98 Å². The summed E-state index contributed by atoms with van der Waals surface area (Å²) in [6.45, 7) is 7.11. The summed E-state index contributed by atoms with van der Waals surface area (Å²) >= 11 is 0. The van der Waals surface area contributed by atoms with Gasteiger partial charge in [-0.15, -0.1) is 0 Å². The van der Waals surface area contributed by atoms with Crippen LogP contribution in [0.5, 0.6) is 0 Å². The molecule has 1 amide bonds. The zero-order valence-electron chi connectivity index (χ0n) is 10.3. The molecule has 3 N–H and O–H groups in total. The van der Waals surface area contributed by atoms with Gasteiger partial charge in [0.1, 0.15) is 0 Å². The van der Waals surface area contributed by atoms with Crippen LogP contribution in [0.25, 0.3) is 0 Å². The van der Waals surface area contributed by atoms with Gasteiger partial charge in [0.2, 0.25) is 5.91 Å². The Morgan fingerprint density at radius 3 is 2.75 bits per heavy atom. The van der Waals surface area contributed by atoms with Gasteiger partial charge >= 0.3 is 0 Å². The Bertz CT molecular complexity index is 357. The summed E-state index contributed by atoms with van der Waals surface area (Å²) in [6.07, 6.45) is 1.68. The number of rotatable bonds is 5. The number of nitrogens with zero attached hydrogens (tertiary/aromatic N) is 1. The van der Waals surface area contributed by atoms with Crippen LogP contribution in [0, 0.1) is 12.3 Å². The molecule has 0 saturated heterocycles. The van der Waals surface area contributed by atoms with Crippen LogP contribution in [0.4, 0.5) is 0 Å². The van der Waals surface area contributed by atoms with E-state index >= 15 is 0 Å². The van der Waals surface area contributed by atoms with Gasteiger partial charge in [-0.05, 0) is 20.8 Å². The number of hydrogen-bond acceptors (Lipinski definition) is 3. The molecule has 16 heavy (non-hydrogen) atoms. The normalized spacial score (nSPS) is 11.5. The van der Waals surface area contributed by atoms with E-state index in [9.17, 15) is 4.79 Å². The van der Waals surface area contributed by atoms with E-state index in [0.29, 0.717) is 13.1 Å². The third kappa shape index (κ3) is 3.06. The molecule has 0 unspecified atom stereocenters. The molecule has 0 spiro atoms. The number of amides is 1. The van der Waals surface area contributed by atoms with Crippen molar-refractivity contribution >= 4 is 5.91 Å². The monoisotopic (exact) mass is 224 g/mol. The smallest absolute Gasteiger partial charge is 0.226 e. The number of aromatic nitrogens is 2. The third-order valence-electron chi connectivity index (χ3n) is 2.64. The lowest BCUT2D eigenvalue weighted by atomic mass is 9.92. The molecule has 0 fully saturated rings. The van der Waals surface area contributed by atoms with E-state index in [0.717, 1.165) is 11.4 Å². The molecule has 0 aliphatic heterocycles. The first-order valence-corrected chi connectivity index (χ1v) is 5.39. The van der Waals surface area contributed by atoms with Crippen molar-refractivity contribution < 1.29 is 4.79 Å². The lowest BCUT2D eigenvalue weighted by molar-refractivity contribution is -0.128. The minimum Gasteiger partial charge on any atom is -0.359 e. The summed E-state index contributed by atoms with van der Waals surface area (Å²) in [5.74, 6) is 0.0405. The topological polar surface area (TPSA) is 69.8 Å². The van der Waals surface area contributed by atoms with Gasteiger partial charge in [0.05, 0.1) is 17.4 Å². The second-order valence-electron chi connectivity index (χ2n) is 4.54. The number of hydrogen-bond donors (Lipinski definition) is 3. The SMILES string of the molecule is CNC(=O)C(C)(C)CNCc1nc[nH]c1C. The minimum absolute atomic E-state index is 0.0405. The first-order valence-electron chi connectivity index (χ1n) is 5.39. The van der Waals surface area contributed by atoms with Crippen molar-refractivity contribution in [2.24, 2.45) is 5.41 Å². The number of nitrogens with one attached hydrogen (secondary N) is 3. The highest BCUT2D eigenvalue weighted by molar-refractivity contribution is 5.81. The van der Waals surface area contributed by atoms with Crippen molar-refractivity contribution in [2.75, 3.05) is 13.6 Å². The van der Waals surface area contributed by atoms with E-state index in [1.54, 1.807) is 13.4 Å². The minimum atomic E-state index is -0.404. The molecule has 5 nitrogen and oxygen atoms in total. The van der Waals surface area contributed by atoms with E-state index in [4.69, 9.17) is 0 Å². The molecule has 5 heteroatoms. The summed E-state index contributed by atoms with van der Waals surface area (Å²) in [4.78, 5) is 18.7. The van der Waals surface area contributed by atoms with E-state index in [2.05, 4.69) is 20.6 Å². The van der Waals surface area contributed by atoms with Crippen molar-refractivity contribution in [1.82, 2.24) is 20.6 Å². The quantitative estimate of drug-likeness (QED) is 0.685. The Morgan fingerprint density at radius 2 is 2.25 bits per heavy atom. The Morgan fingerprint density at radius 1 is 1.56 bits per heavy atom. The lowest BCUT2D eigenvalue weighted by Gasteiger charge is -2.22. The summed E-state index contributed by atoms with van der Waals surface area (Å²) < 4.78 is 0. The zero-order chi connectivity index (χ0) is 12.2. The van der Waals surface area contributed by atoms with Crippen molar-refractivity contribution in [3.05, 3.63) is 17.7 Å². The fourth-order valence-corrected chi connectivity index (χ4v) is 1.48. The Hall–Kier alpha value is -1.36. The van der Waals surface area contributed by atoms with Crippen LogP contribution in [0.3, 0.4) is 0 Å².